The maximum atomic E-state index is 13.0. The molecule has 170 valence electrons. The molecule has 1 spiro atoms. The van der Waals surface area contributed by atoms with Gasteiger partial charge in [-0.1, -0.05) is 19.4 Å². The number of esters is 1. The number of epoxide rings is 1. The zero-order valence-electron chi connectivity index (χ0n) is 18.5. The van der Waals surface area contributed by atoms with Crippen molar-refractivity contribution in [1.82, 2.24) is 0 Å². The lowest BCUT2D eigenvalue weighted by molar-refractivity contribution is -0.163. The summed E-state index contributed by atoms with van der Waals surface area (Å²) < 4.78 is 11.7. The molecule has 0 aromatic rings. The van der Waals surface area contributed by atoms with Crippen molar-refractivity contribution < 1.29 is 34.1 Å². The monoisotopic (exact) mass is 432 g/mol. The first-order chi connectivity index (χ1) is 14.5. The lowest BCUT2D eigenvalue weighted by Crippen LogP contribution is -2.63. The van der Waals surface area contributed by atoms with E-state index in [1.807, 2.05) is 0 Å². The number of carbonyl (C=O) groups excluding carboxylic acids is 2. The third kappa shape index (κ3) is 2.50. The van der Waals surface area contributed by atoms with Crippen LogP contribution in [0.5, 0.6) is 0 Å². The van der Waals surface area contributed by atoms with Gasteiger partial charge in [-0.15, -0.1) is 0 Å². The lowest BCUT2D eigenvalue weighted by Gasteiger charge is -2.58. The summed E-state index contributed by atoms with van der Waals surface area (Å²) in [7, 11) is 1.40. The largest absolute Gasteiger partial charge is 0.481 e. The molecule has 5 rings (SSSR count). The van der Waals surface area contributed by atoms with Crippen LogP contribution in [-0.2, 0) is 23.9 Å². The Kier molecular flexibility index (Phi) is 4.37. The van der Waals surface area contributed by atoms with E-state index in [4.69, 9.17) is 9.47 Å². The van der Waals surface area contributed by atoms with Crippen LogP contribution in [0.25, 0.3) is 0 Å². The summed E-state index contributed by atoms with van der Waals surface area (Å²) in [5.74, 6) is -1.60. The quantitative estimate of drug-likeness (QED) is 0.519. The lowest BCUT2D eigenvalue weighted by atomic mass is 9.43. The van der Waals surface area contributed by atoms with Crippen molar-refractivity contribution in [2.24, 2.45) is 28.6 Å². The number of carboxylic acid groups (broad SMARTS) is 1. The van der Waals surface area contributed by atoms with Gasteiger partial charge < -0.3 is 19.7 Å². The SMILES string of the molecule is COC(=O)[C@@H]1CC2=CC(=O)CC[C@]2(C)C23O[C@H]2C[C@@]2(C)C(CC[C@@]2(O)CCC(=O)O)C13. The summed E-state index contributed by atoms with van der Waals surface area (Å²) in [6, 6.07) is 0. The van der Waals surface area contributed by atoms with E-state index in [-0.39, 0.29) is 47.9 Å². The molecule has 5 aliphatic rings. The van der Waals surface area contributed by atoms with Crippen LogP contribution in [0.1, 0.15) is 65.2 Å². The number of hydrogen-bond acceptors (Lipinski definition) is 6. The number of carbonyl (C=O) groups is 3. The minimum Gasteiger partial charge on any atom is -0.481 e. The topological polar surface area (TPSA) is 113 Å². The molecule has 7 heteroatoms. The molecule has 0 aromatic carbocycles. The Morgan fingerprint density at radius 1 is 1.29 bits per heavy atom. The second-order valence-corrected chi connectivity index (χ2v) is 10.9. The molecular weight excluding hydrogens is 400 g/mol. The first-order valence-electron chi connectivity index (χ1n) is 11.5. The minimum atomic E-state index is -1.09. The average molecular weight is 433 g/mol. The summed E-state index contributed by atoms with van der Waals surface area (Å²) in [4.78, 5) is 36.4. The highest BCUT2D eigenvalue weighted by molar-refractivity contribution is 5.92. The average Bonchev–Trinajstić information content (AvgIpc) is 3.38. The van der Waals surface area contributed by atoms with Crippen LogP contribution in [0.2, 0.25) is 0 Å². The van der Waals surface area contributed by atoms with Gasteiger partial charge in [0.15, 0.2) is 5.78 Å². The Labute approximate surface area is 182 Å². The van der Waals surface area contributed by atoms with Crippen LogP contribution in [0.4, 0.5) is 0 Å². The van der Waals surface area contributed by atoms with Gasteiger partial charge in [0.1, 0.15) is 5.60 Å². The van der Waals surface area contributed by atoms with Gasteiger partial charge in [-0.05, 0) is 50.5 Å². The van der Waals surface area contributed by atoms with E-state index in [9.17, 15) is 24.6 Å². The number of methoxy groups -OCH3 is 1. The summed E-state index contributed by atoms with van der Waals surface area (Å²) >= 11 is 0. The molecule has 8 atom stereocenters. The number of rotatable bonds is 4. The van der Waals surface area contributed by atoms with E-state index >= 15 is 0 Å². The first-order valence-corrected chi connectivity index (χ1v) is 11.5. The van der Waals surface area contributed by atoms with E-state index in [1.54, 1.807) is 6.08 Å². The van der Waals surface area contributed by atoms with Crippen molar-refractivity contribution in [3.8, 4) is 0 Å². The zero-order chi connectivity index (χ0) is 22.4. The number of aliphatic carboxylic acids is 1. The Bertz CT molecular complexity index is 894. The molecule has 0 amide bonds. The summed E-state index contributed by atoms with van der Waals surface area (Å²) in [6.07, 6.45) is 5.35. The van der Waals surface area contributed by atoms with E-state index < -0.39 is 28.5 Å². The Morgan fingerprint density at radius 2 is 2.03 bits per heavy atom. The van der Waals surface area contributed by atoms with Gasteiger partial charge in [0, 0.05) is 29.6 Å². The van der Waals surface area contributed by atoms with Gasteiger partial charge in [-0.2, -0.15) is 0 Å². The number of fused-ring (bicyclic) bond motifs is 3. The highest BCUT2D eigenvalue weighted by atomic mass is 16.6. The van der Waals surface area contributed by atoms with Crippen LogP contribution in [0.3, 0.4) is 0 Å². The predicted octanol–water partition coefficient (Wildman–Crippen LogP) is 2.64. The summed E-state index contributed by atoms with van der Waals surface area (Å²) in [5.41, 5.74) is -1.43. The molecular formula is C24H32O7. The van der Waals surface area contributed by atoms with Crippen molar-refractivity contribution in [2.45, 2.75) is 82.5 Å². The number of carboxylic acids is 1. The molecule has 7 nitrogen and oxygen atoms in total. The molecule has 3 unspecified atom stereocenters. The van der Waals surface area contributed by atoms with Crippen LogP contribution >= 0.6 is 0 Å². The summed E-state index contributed by atoms with van der Waals surface area (Å²) in [6.45, 7) is 4.24. The van der Waals surface area contributed by atoms with Gasteiger partial charge in [-0.3, -0.25) is 14.4 Å². The molecule has 4 aliphatic carbocycles. The predicted molar refractivity (Wildman–Crippen MR) is 109 cm³/mol. The van der Waals surface area contributed by atoms with Gasteiger partial charge in [-0.25, -0.2) is 0 Å². The van der Waals surface area contributed by atoms with Crippen LogP contribution < -0.4 is 0 Å². The number of ether oxygens (including phenoxy) is 2. The maximum Gasteiger partial charge on any atom is 0.309 e. The van der Waals surface area contributed by atoms with Gasteiger partial charge in [0.2, 0.25) is 0 Å². The molecule has 1 aliphatic heterocycles. The fraction of sp³-hybridized carbons (Fsp3) is 0.792. The van der Waals surface area contributed by atoms with E-state index in [0.717, 1.165) is 12.0 Å². The highest BCUT2D eigenvalue weighted by Crippen LogP contribution is 2.77. The Balaban J connectivity index is 1.59. The molecule has 31 heavy (non-hydrogen) atoms. The Morgan fingerprint density at radius 3 is 2.71 bits per heavy atom. The Hall–Kier alpha value is -1.73. The fourth-order valence-electron chi connectivity index (χ4n) is 8.22. The molecule has 1 heterocycles. The highest BCUT2D eigenvalue weighted by Gasteiger charge is 2.82. The molecule has 0 bridgehead atoms. The zero-order valence-corrected chi connectivity index (χ0v) is 18.5. The van der Waals surface area contributed by atoms with Crippen LogP contribution in [0, 0.1) is 28.6 Å². The first kappa shape index (κ1) is 21.1. The van der Waals surface area contributed by atoms with Crippen molar-refractivity contribution >= 4 is 17.7 Å². The van der Waals surface area contributed by atoms with Crippen LogP contribution in [0.15, 0.2) is 11.6 Å². The minimum absolute atomic E-state index is 0.0325. The van der Waals surface area contributed by atoms with E-state index in [0.29, 0.717) is 32.1 Å². The standard InChI is InChI=1S/C24H32O7/c1-21-7-4-14(25)10-13(21)11-15(20(28)30-3)19-16-5-8-23(29,9-6-18(26)27)22(16,2)12-17-24(19,21)31-17/h10,15-17,19,29H,4-9,11-12H2,1-3H3,(H,26,27)/t15-,16?,17+,19?,21+,22+,23-,24?/m1/s1. The smallest absolute Gasteiger partial charge is 0.309 e. The summed E-state index contributed by atoms with van der Waals surface area (Å²) in [5, 5.41) is 20.9. The van der Waals surface area contributed by atoms with Crippen molar-refractivity contribution in [3.63, 3.8) is 0 Å². The van der Waals surface area contributed by atoms with Gasteiger partial charge in [0.05, 0.1) is 24.7 Å². The molecule has 2 N–H and O–H groups in total. The van der Waals surface area contributed by atoms with E-state index in [2.05, 4.69) is 13.8 Å². The number of ketones is 1. The third-order valence-corrected chi connectivity index (χ3v) is 9.95. The van der Waals surface area contributed by atoms with E-state index in [1.165, 1.54) is 7.11 Å². The maximum absolute atomic E-state index is 13.0. The van der Waals surface area contributed by atoms with Crippen LogP contribution in [-0.4, -0.2) is 52.4 Å². The van der Waals surface area contributed by atoms with Gasteiger partial charge >= 0.3 is 11.9 Å². The second kappa shape index (κ2) is 6.41. The normalized spacial score (nSPS) is 49.8. The second-order valence-electron chi connectivity index (χ2n) is 10.9. The van der Waals surface area contributed by atoms with Crippen molar-refractivity contribution in [3.05, 3.63) is 11.6 Å². The number of hydrogen-bond donors (Lipinski definition) is 2. The number of aliphatic hydroxyl groups is 1. The fourth-order valence-corrected chi connectivity index (χ4v) is 8.22. The molecule has 3 saturated carbocycles. The molecule has 4 fully saturated rings. The van der Waals surface area contributed by atoms with Gasteiger partial charge in [0.25, 0.3) is 0 Å². The molecule has 0 radical (unpaired) electrons. The third-order valence-electron chi connectivity index (χ3n) is 9.95. The molecule has 1 saturated heterocycles. The van der Waals surface area contributed by atoms with Crippen molar-refractivity contribution in [1.29, 1.82) is 0 Å². The van der Waals surface area contributed by atoms with Crippen molar-refractivity contribution in [2.75, 3.05) is 7.11 Å². The molecule has 0 aromatic heterocycles.